The lowest BCUT2D eigenvalue weighted by molar-refractivity contribution is -0.00865. The Balaban J connectivity index is 1.94. The van der Waals surface area contributed by atoms with Gasteiger partial charge in [0.15, 0.2) is 11.6 Å². The van der Waals surface area contributed by atoms with Crippen molar-refractivity contribution in [3.05, 3.63) is 23.6 Å². The van der Waals surface area contributed by atoms with Crippen LogP contribution in [-0.4, -0.2) is 36.7 Å². The van der Waals surface area contributed by atoms with Crippen molar-refractivity contribution >= 4 is 11.7 Å². The third-order valence-corrected chi connectivity index (χ3v) is 3.20. The predicted octanol–water partition coefficient (Wildman–Crippen LogP) is 1.56. The number of halogens is 1. The van der Waals surface area contributed by atoms with Gasteiger partial charge in [-0.1, -0.05) is 0 Å². The minimum atomic E-state index is -0.622. The van der Waals surface area contributed by atoms with Crippen LogP contribution in [-0.2, 0) is 4.74 Å². The van der Waals surface area contributed by atoms with Gasteiger partial charge in [0.05, 0.1) is 11.7 Å². The van der Waals surface area contributed by atoms with Crippen LogP contribution in [0, 0.1) is 5.82 Å². The van der Waals surface area contributed by atoms with Gasteiger partial charge in [-0.15, -0.1) is 0 Å². The molecule has 1 fully saturated rings. The Morgan fingerprint density at radius 3 is 2.95 bits per heavy atom. The Morgan fingerprint density at radius 2 is 2.32 bits per heavy atom. The highest BCUT2D eigenvalue weighted by atomic mass is 19.1. The largest absolute Gasteiger partial charge is 0.378 e. The first-order valence-corrected chi connectivity index (χ1v) is 6.40. The number of carbonyl (C=O) groups is 1. The number of pyridine rings is 1. The number of hydrogen-bond acceptors (Lipinski definition) is 4. The van der Waals surface area contributed by atoms with E-state index in [1.807, 2.05) is 6.92 Å². The maximum absolute atomic E-state index is 13.9. The molecule has 1 heterocycles. The number of nitrogens with one attached hydrogen (secondary N) is 2. The van der Waals surface area contributed by atoms with Gasteiger partial charge < -0.3 is 15.4 Å². The van der Waals surface area contributed by atoms with Gasteiger partial charge in [0, 0.05) is 25.9 Å². The van der Waals surface area contributed by atoms with Crippen LogP contribution in [0.1, 0.15) is 30.1 Å². The summed E-state index contributed by atoms with van der Waals surface area (Å²) in [5.41, 5.74) is 0.0132. The molecule has 6 heteroatoms. The molecule has 1 saturated carbocycles. The van der Waals surface area contributed by atoms with Crippen molar-refractivity contribution < 1.29 is 13.9 Å². The fraction of sp³-hybridized carbons (Fsp3) is 0.538. The summed E-state index contributed by atoms with van der Waals surface area (Å²) in [6, 6.07) is 1.44. The van der Waals surface area contributed by atoms with E-state index in [0.29, 0.717) is 6.61 Å². The first kappa shape index (κ1) is 13.7. The summed E-state index contributed by atoms with van der Waals surface area (Å²) in [5, 5.41) is 5.41. The summed E-state index contributed by atoms with van der Waals surface area (Å²) >= 11 is 0. The van der Waals surface area contributed by atoms with Gasteiger partial charge in [0.2, 0.25) is 0 Å². The summed E-state index contributed by atoms with van der Waals surface area (Å²) in [4.78, 5) is 15.8. The standard InChI is InChI=1S/C13H18FN3O2/c1-3-19-9-6-8(7-9)17-13(18)10-4-5-16-12(15-2)11(10)14/h4-5,8-9H,3,6-7H2,1-2H3,(H,15,16)(H,17,18). The lowest BCUT2D eigenvalue weighted by Crippen LogP contribution is -2.48. The SMILES string of the molecule is CCOC1CC(NC(=O)c2ccnc(NC)c2F)C1. The molecule has 104 valence electrons. The van der Waals surface area contributed by atoms with E-state index in [1.54, 1.807) is 7.05 Å². The summed E-state index contributed by atoms with van der Waals surface area (Å²) in [5.74, 6) is -0.951. The van der Waals surface area contributed by atoms with E-state index >= 15 is 0 Å². The highest BCUT2D eigenvalue weighted by molar-refractivity contribution is 5.95. The third-order valence-electron chi connectivity index (χ3n) is 3.20. The molecule has 19 heavy (non-hydrogen) atoms. The Kier molecular flexibility index (Phi) is 4.31. The molecule has 0 saturated heterocycles. The second kappa shape index (κ2) is 5.97. The van der Waals surface area contributed by atoms with Crippen molar-refractivity contribution in [2.45, 2.75) is 31.9 Å². The van der Waals surface area contributed by atoms with Gasteiger partial charge in [0.25, 0.3) is 5.91 Å². The third kappa shape index (κ3) is 3.01. The maximum Gasteiger partial charge on any atom is 0.254 e. The molecule has 1 amide bonds. The van der Waals surface area contributed by atoms with Gasteiger partial charge in [-0.25, -0.2) is 9.37 Å². The van der Waals surface area contributed by atoms with E-state index in [1.165, 1.54) is 12.3 Å². The van der Waals surface area contributed by atoms with Crippen molar-refractivity contribution in [3.8, 4) is 0 Å². The van der Waals surface area contributed by atoms with Crippen LogP contribution in [0.3, 0.4) is 0 Å². The summed E-state index contributed by atoms with van der Waals surface area (Å²) in [6.07, 6.45) is 3.19. The molecule has 0 atom stereocenters. The van der Waals surface area contributed by atoms with Crippen LogP contribution in [0.15, 0.2) is 12.3 Å². The number of aromatic nitrogens is 1. The van der Waals surface area contributed by atoms with E-state index in [2.05, 4.69) is 15.6 Å². The number of rotatable bonds is 5. The second-order valence-electron chi connectivity index (χ2n) is 4.49. The zero-order chi connectivity index (χ0) is 13.8. The Bertz CT molecular complexity index is 461. The number of amides is 1. The first-order valence-electron chi connectivity index (χ1n) is 6.40. The van der Waals surface area contributed by atoms with Crippen molar-refractivity contribution in [1.82, 2.24) is 10.3 Å². The zero-order valence-electron chi connectivity index (χ0n) is 11.1. The lowest BCUT2D eigenvalue weighted by atomic mass is 9.89. The molecule has 0 bridgehead atoms. The molecule has 2 rings (SSSR count). The van der Waals surface area contributed by atoms with E-state index in [4.69, 9.17) is 4.74 Å². The summed E-state index contributed by atoms with van der Waals surface area (Å²) in [6.45, 7) is 2.62. The Labute approximate surface area is 111 Å². The summed E-state index contributed by atoms with van der Waals surface area (Å²) < 4.78 is 19.3. The molecule has 0 radical (unpaired) electrons. The molecule has 1 aromatic heterocycles. The van der Waals surface area contributed by atoms with Crippen molar-refractivity contribution in [2.24, 2.45) is 0 Å². The number of nitrogens with zero attached hydrogens (tertiary/aromatic N) is 1. The Morgan fingerprint density at radius 1 is 1.58 bits per heavy atom. The average Bonchev–Trinajstić information content (AvgIpc) is 2.36. The second-order valence-corrected chi connectivity index (χ2v) is 4.49. The monoisotopic (exact) mass is 267 g/mol. The molecule has 1 aromatic rings. The highest BCUT2D eigenvalue weighted by Crippen LogP contribution is 2.24. The van der Waals surface area contributed by atoms with Crippen LogP contribution in [0.4, 0.5) is 10.2 Å². The Hall–Kier alpha value is -1.69. The molecule has 0 aromatic carbocycles. The number of anilines is 1. The molecule has 0 aliphatic heterocycles. The molecule has 1 aliphatic rings. The van der Waals surface area contributed by atoms with E-state index < -0.39 is 11.7 Å². The zero-order valence-corrected chi connectivity index (χ0v) is 11.1. The number of ether oxygens (including phenoxy) is 1. The lowest BCUT2D eigenvalue weighted by Gasteiger charge is -2.35. The summed E-state index contributed by atoms with van der Waals surface area (Å²) in [7, 11) is 1.56. The topological polar surface area (TPSA) is 63.2 Å². The van der Waals surface area contributed by atoms with Crippen LogP contribution >= 0.6 is 0 Å². The van der Waals surface area contributed by atoms with Gasteiger partial charge in [-0.05, 0) is 25.8 Å². The minimum Gasteiger partial charge on any atom is -0.378 e. The molecular weight excluding hydrogens is 249 g/mol. The molecule has 0 unspecified atom stereocenters. The van der Waals surface area contributed by atoms with Crippen LogP contribution in [0.2, 0.25) is 0 Å². The maximum atomic E-state index is 13.9. The molecule has 1 aliphatic carbocycles. The van der Waals surface area contributed by atoms with Gasteiger partial charge in [-0.2, -0.15) is 0 Å². The molecular formula is C13H18FN3O2. The molecule has 2 N–H and O–H groups in total. The van der Waals surface area contributed by atoms with Crippen LogP contribution in [0.5, 0.6) is 0 Å². The molecule has 0 spiro atoms. The smallest absolute Gasteiger partial charge is 0.254 e. The van der Waals surface area contributed by atoms with Crippen LogP contribution < -0.4 is 10.6 Å². The van der Waals surface area contributed by atoms with Gasteiger partial charge >= 0.3 is 0 Å². The van der Waals surface area contributed by atoms with E-state index in [9.17, 15) is 9.18 Å². The van der Waals surface area contributed by atoms with Crippen molar-refractivity contribution in [1.29, 1.82) is 0 Å². The molecule has 5 nitrogen and oxygen atoms in total. The van der Waals surface area contributed by atoms with E-state index in [-0.39, 0.29) is 23.5 Å². The fourth-order valence-corrected chi connectivity index (χ4v) is 2.11. The van der Waals surface area contributed by atoms with Crippen molar-refractivity contribution in [2.75, 3.05) is 19.0 Å². The predicted molar refractivity (Wildman–Crippen MR) is 69.6 cm³/mol. The number of hydrogen-bond donors (Lipinski definition) is 2. The van der Waals surface area contributed by atoms with Crippen LogP contribution in [0.25, 0.3) is 0 Å². The van der Waals surface area contributed by atoms with Gasteiger partial charge in [-0.3, -0.25) is 4.79 Å². The number of carbonyl (C=O) groups excluding carboxylic acids is 1. The average molecular weight is 267 g/mol. The van der Waals surface area contributed by atoms with Crippen molar-refractivity contribution in [3.63, 3.8) is 0 Å². The minimum absolute atomic E-state index is 0.0132. The normalized spacial score (nSPS) is 21.6. The quantitative estimate of drug-likeness (QED) is 0.850. The van der Waals surface area contributed by atoms with Gasteiger partial charge in [0.1, 0.15) is 0 Å². The fourth-order valence-electron chi connectivity index (χ4n) is 2.11. The van der Waals surface area contributed by atoms with E-state index in [0.717, 1.165) is 12.8 Å². The highest BCUT2D eigenvalue weighted by Gasteiger charge is 2.31. The first-order chi connectivity index (χ1) is 9.15.